The lowest BCUT2D eigenvalue weighted by molar-refractivity contribution is -0.163. The number of carbonyl (C=O) groups is 2. The summed E-state index contributed by atoms with van der Waals surface area (Å²) in [6, 6.07) is 0. The Kier molecular flexibility index (Phi) is 45.1. The Hall–Kier alpha value is -3.44. The van der Waals surface area contributed by atoms with Crippen LogP contribution in [0.1, 0.15) is 188 Å². The first-order chi connectivity index (χ1) is 28.6. The maximum atomic E-state index is 12.7. The monoisotopic (exact) mass is 803 g/mol. The second-order valence-electron chi connectivity index (χ2n) is 14.9. The number of unbranched alkanes of at least 4 members (excludes halogenated alkanes) is 12. The van der Waals surface area contributed by atoms with Crippen molar-refractivity contribution in [1.82, 2.24) is 0 Å². The van der Waals surface area contributed by atoms with Gasteiger partial charge < -0.3 is 14.2 Å². The topological polar surface area (TPSA) is 61.8 Å². The number of hydrogen-bond acceptors (Lipinski definition) is 5. The molecular weight excluding hydrogens is 717 g/mol. The van der Waals surface area contributed by atoms with Crippen molar-refractivity contribution in [2.45, 2.75) is 194 Å². The molecule has 1 atom stereocenters. The van der Waals surface area contributed by atoms with E-state index in [1.807, 2.05) is 0 Å². The summed E-state index contributed by atoms with van der Waals surface area (Å²) in [5.41, 5.74) is 0. The fraction of sp³-hybridized carbons (Fsp3) is 0.623. The molecule has 0 saturated heterocycles. The molecule has 0 spiro atoms. The molecule has 0 aliphatic rings. The Balaban J connectivity index is 4.41. The van der Waals surface area contributed by atoms with Gasteiger partial charge in [0.05, 0.1) is 6.61 Å². The van der Waals surface area contributed by atoms with Crippen molar-refractivity contribution in [2.24, 2.45) is 0 Å². The predicted molar refractivity (Wildman–Crippen MR) is 251 cm³/mol. The van der Waals surface area contributed by atoms with Crippen molar-refractivity contribution in [3.8, 4) is 0 Å². The van der Waals surface area contributed by atoms with Gasteiger partial charge in [-0.1, -0.05) is 175 Å². The van der Waals surface area contributed by atoms with E-state index in [4.69, 9.17) is 14.2 Å². The van der Waals surface area contributed by atoms with Gasteiger partial charge in [-0.15, -0.1) is 0 Å². The lowest BCUT2D eigenvalue weighted by atomic mass is 10.1. The van der Waals surface area contributed by atoms with Gasteiger partial charge in [0, 0.05) is 19.4 Å². The van der Waals surface area contributed by atoms with Crippen LogP contribution in [0.15, 0.2) is 109 Å². The first-order valence-corrected chi connectivity index (χ1v) is 23.4. The van der Waals surface area contributed by atoms with E-state index in [9.17, 15) is 9.59 Å². The van der Waals surface area contributed by atoms with Crippen molar-refractivity contribution in [1.29, 1.82) is 0 Å². The van der Waals surface area contributed by atoms with Crippen LogP contribution in [0.3, 0.4) is 0 Å². The molecule has 1 unspecified atom stereocenters. The molecule has 58 heavy (non-hydrogen) atoms. The molecule has 5 heteroatoms. The number of hydrogen-bond donors (Lipinski definition) is 0. The molecule has 0 aromatic carbocycles. The van der Waals surface area contributed by atoms with Crippen LogP contribution in [-0.4, -0.2) is 37.9 Å². The molecule has 0 aliphatic heterocycles. The molecule has 0 aliphatic carbocycles. The smallest absolute Gasteiger partial charge is 0.306 e. The molecule has 0 heterocycles. The average Bonchev–Trinajstić information content (AvgIpc) is 3.22. The Morgan fingerprint density at radius 2 is 0.793 bits per heavy atom. The summed E-state index contributed by atoms with van der Waals surface area (Å²) < 4.78 is 17.2. The normalized spacial score (nSPS) is 13.2. The summed E-state index contributed by atoms with van der Waals surface area (Å²) >= 11 is 0. The van der Waals surface area contributed by atoms with Crippen LogP contribution in [-0.2, 0) is 23.8 Å². The van der Waals surface area contributed by atoms with Crippen LogP contribution < -0.4 is 0 Å². The maximum absolute atomic E-state index is 12.7. The fourth-order valence-electron chi connectivity index (χ4n) is 5.83. The molecule has 0 radical (unpaired) electrons. The molecule has 0 bridgehead atoms. The van der Waals surface area contributed by atoms with Gasteiger partial charge in [-0.3, -0.25) is 9.59 Å². The zero-order valence-corrected chi connectivity index (χ0v) is 37.5. The minimum atomic E-state index is -0.580. The fourth-order valence-corrected chi connectivity index (χ4v) is 5.83. The molecule has 0 fully saturated rings. The lowest BCUT2D eigenvalue weighted by Crippen LogP contribution is -2.30. The van der Waals surface area contributed by atoms with E-state index in [2.05, 4.69) is 130 Å². The van der Waals surface area contributed by atoms with Gasteiger partial charge >= 0.3 is 11.9 Å². The number of carbonyl (C=O) groups excluding carboxylic acids is 2. The van der Waals surface area contributed by atoms with Crippen LogP contribution in [0.2, 0.25) is 0 Å². The third-order valence-corrected chi connectivity index (χ3v) is 9.27. The molecule has 0 N–H and O–H groups in total. The summed E-state index contributed by atoms with van der Waals surface area (Å²) in [6.07, 6.45) is 65.2. The molecular formula is C53H86O5. The van der Waals surface area contributed by atoms with Gasteiger partial charge in [-0.05, 0) is 109 Å². The Morgan fingerprint density at radius 1 is 0.397 bits per heavy atom. The number of esters is 2. The van der Waals surface area contributed by atoms with Gasteiger partial charge in [-0.2, -0.15) is 0 Å². The highest BCUT2D eigenvalue weighted by molar-refractivity contribution is 5.70. The average molecular weight is 803 g/mol. The Labute approximate surface area is 357 Å². The number of rotatable bonds is 41. The van der Waals surface area contributed by atoms with Crippen LogP contribution in [0.25, 0.3) is 0 Å². The van der Waals surface area contributed by atoms with Gasteiger partial charge in [0.1, 0.15) is 6.61 Å². The molecule has 0 aromatic rings. The SMILES string of the molecule is CC/C=C\C/C=C\C/C=C\C/C=C\C/C=C\CCCC(=O)OCC(COCCCCCC/C=C\C/C=C\C/C=C\CC)OC(=O)CCCCCCC/C=C\CCCC. The highest BCUT2D eigenvalue weighted by Crippen LogP contribution is 2.11. The molecule has 5 nitrogen and oxygen atoms in total. The van der Waals surface area contributed by atoms with Gasteiger partial charge in [0.25, 0.3) is 0 Å². The Bertz CT molecular complexity index is 1180. The van der Waals surface area contributed by atoms with Crippen LogP contribution in [0.5, 0.6) is 0 Å². The minimum absolute atomic E-state index is 0.0367. The van der Waals surface area contributed by atoms with Crippen LogP contribution in [0, 0.1) is 0 Å². The van der Waals surface area contributed by atoms with Crippen molar-refractivity contribution < 1.29 is 23.8 Å². The van der Waals surface area contributed by atoms with E-state index < -0.39 is 6.10 Å². The van der Waals surface area contributed by atoms with Gasteiger partial charge in [0.15, 0.2) is 6.10 Å². The molecule has 328 valence electrons. The first kappa shape index (κ1) is 54.6. The molecule has 0 amide bonds. The number of ether oxygens (including phenoxy) is 3. The standard InChI is InChI=1S/C53H86O5/c1-4-7-10-13-16-19-22-24-26-27-28-29-32-34-37-40-43-46-52(54)57-50-51(58-53(55)47-44-41-38-35-31-21-18-15-12-9-6-3)49-56-48-45-42-39-36-33-30-25-23-20-17-14-11-8-5-2/h7-8,10-11,15-20,24-26,28-30,34,37,51H,4-6,9,12-14,21-23,27,31-33,35-36,38-50H2,1-3H3/b10-7-,11-8-,18-15-,19-16-,20-17-,26-24-,29-28-,30-25-,37-34-. The van der Waals surface area contributed by atoms with Gasteiger partial charge in [0.2, 0.25) is 0 Å². The van der Waals surface area contributed by atoms with E-state index in [0.717, 1.165) is 116 Å². The summed E-state index contributed by atoms with van der Waals surface area (Å²) in [5.74, 6) is -0.499. The van der Waals surface area contributed by atoms with Crippen molar-refractivity contribution in [3.63, 3.8) is 0 Å². The van der Waals surface area contributed by atoms with E-state index in [1.165, 1.54) is 38.5 Å². The van der Waals surface area contributed by atoms with E-state index in [-0.39, 0.29) is 25.2 Å². The summed E-state index contributed by atoms with van der Waals surface area (Å²) in [6.45, 7) is 7.42. The van der Waals surface area contributed by atoms with Crippen LogP contribution >= 0.6 is 0 Å². The Morgan fingerprint density at radius 3 is 1.31 bits per heavy atom. The lowest BCUT2D eigenvalue weighted by Gasteiger charge is -2.18. The van der Waals surface area contributed by atoms with E-state index in [1.54, 1.807) is 0 Å². The van der Waals surface area contributed by atoms with Crippen molar-refractivity contribution in [3.05, 3.63) is 109 Å². The largest absolute Gasteiger partial charge is 0.462 e. The second kappa shape index (κ2) is 47.9. The second-order valence-corrected chi connectivity index (χ2v) is 14.9. The van der Waals surface area contributed by atoms with E-state index >= 15 is 0 Å². The highest BCUT2D eigenvalue weighted by atomic mass is 16.6. The van der Waals surface area contributed by atoms with E-state index in [0.29, 0.717) is 19.4 Å². The molecule has 0 rings (SSSR count). The quantitative estimate of drug-likeness (QED) is 0.0350. The summed E-state index contributed by atoms with van der Waals surface area (Å²) in [7, 11) is 0. The summed E-state index contributed by atoms with van der Waals surface area (Å²) in [4.78, 5) is 25.3. The van der Waals surface area contributed by atoms with Gasteiger partial charge in [-0.25, -0.2) is 0 Å². The maximum Gasteiger partial charge on any atom is 0.306 e. The zero-order chi connectivity index (χ0) is 42.1. The third kappa shape index (κ3) is 45.3. The molecule has 0 saturated carbocycles. The minimum Gasteiger partial charge on any atom is -0.462 e. The summed E-state index contributed by atoms with van der Waals surface area (Å²) in [5, 5.41) is 0. The van der Waals surface area contributed by atoms with Crippen molar-refractivity contribution in [2.75, 3.05) is 19.8 Å². The highest BCUT2D eigenvalue weighted by Gasteiger charge is 2.17. The number of allylic oxidation sites excluding steroid dienone is 18. The van der Waals surface area contributed by atoms with Crippen LogP contribution in [0.4, 0.5) is 0 Å². The molecule has 0 aromatic heterocycles. The zero-order valence-electron chi connectivity index (χ0n) is 37.5. The first-order valence-electron chi connectivity index (χ1n) is 23.4. The third-order valence-electron chi connectivity index (χ3n) is 9.27. The van der Waals surface area contributed by atoms with Crippen molar-refractivity contribution >= 4 is 11.9 Å². The predicted octanol–water partition coefficient (Wildman–Crippen LogP) is 15.7.